The molecule has 0 saturated carbocycles. The van der Waals surface area contributed by atoms with Crippen LogP contribution in [0.4, 0.5) is 11.4 Å². The molecule has 178 valence electrons. The number of anilines is 2. The van der Waals surface area contributed by atoms with E-state index >= 15 is 0 Å². The Labute approximate surface area is 196 Å². The van der Waals surface area contributed by atoms with Crippen LogP contribution in [0, 0.1) is 5.41 Å². The molecule has 3 rings (SSSR count). The predicted octanol–water partition coefficient (Wildman–Crippen LogP) is 2.54. The van der Waals surface area contributed by atoms with Gasteiger partial charge in [0.2, 0.25) is 11.8 Å². The van der Waals surface area contributed by atoms with Crippen molar-refractivity contribution in [2.75, 3.05) is 57.2 Å². The number of rotatable bonds is 10. The Balaban J connectivity index is 1.62. The van der Waals surface area contributed by atoms with E-state index in [1.807, 2.05) is 49.8 Å². The maximum absolute atomic E-state index is 12.9. The van der Waals surface area contributed by atoms with Crippen LogP contribution < -0.4 is 19.9 Å². The minimum atomic E-state index is -1.12. The largest absolute Gasteiger partial charge is 0.493 e. The van der Waals surface area contributed by atoms with Gasteiger partial charge in [0.05, 0.1) is 18.0 Å². The summed E-state index contributed by atoms with van der Waals surface area (Å²) in [4.78, 5) is 35.3. The van der Waals surface area contributed by atoms with Gasteiger partial charge in [-0.1, -0.05) is 0 Å². The lowest BCUT2D eigenvalue weighted by molar-refractivity contribution is -0.137. The highest BCUT2D eigenvalue weighted by Crippen LogP contribution is 2.39. The molecule has 1 aromatic carbocycles. The van der Waals surface area contributed by atoms with Crippen molar-refractivity contribution in [1.29, 1.82) is 0 Å². The normalized spacial score (nSPS) is 15.6. The average molecular weight is 454 g/mol. The number of carbonyl (C=O) groups excluding carboxylic acids is 2. The summed E-state index contributed by atoms with van der Waals surface area (Å²) in [5.41, 5.74) is 1.49. The molecule has 0 saturated heterocycles. The van der Waals surface area contributed by atoms with Crippen molar-refractivity contribution in [3.05, 3.63) is 48.3 Å². The van der Waals surface area contributed by atoms with Gasteiger partial charge in [-0.05, 0) is 57.1 Å². The van der Waals surface area contributed by atoms with Crippen molar-refractivity contribution in [3.63, 3.8) is 0 Å². The lowest BCUT2D eigenvalue weighted by Crippen LogP contribution is -2.46. The van der Waals surface area contributed by atoms with Gasteiger partial charge >= 0.3 is 0 Å². The molecule has 2 amide bonds. The lowest BCUT2D eigenvalue weighted by atomic mass is 9.90. The number of pyridine rings is 1. The summed E-state index contributed by atoms with van der Waals surface area (Å²) in [7, 11) is 5.37. The van der Waals surface area contributed by atoms with Crippen LogP contribution in [0.5, 0.6) is 5.75 Å². The van der Waals surface area contributed by atoms with Crippen molar-refractivity contribution in [3.8, 4) is 5.75 Å². The predicted molar refractivity (Wildman–Crippen MR) is 131 cm³/mol. The molecule has 0 unspecified atom stereocenters. The summed E-state index contributed by atoms with van der Waals surface area (Å²) in [6.07, 6.45) is 4.51. The number of aromatic nitrogens is 1. The zero-order valence-electron chi connectivity index (χ0n) is 20.3. The average Bonchev–Trinajstić information content (AvgIpc) is 2.87. The molecular formula is C25H35N5O3. The van der Waals surface area contributed by atoms with Crippen molar-refractivity contribution < 1.29 is 14.3 Å². The van der Waals surface area contributed by atoms with E-state index in [0.29, 0.717) is 23.7 Å². The van der Waals surface area contributed by atoms with Crippen LogP contribution in [0.25, 0.3) is 0 Å². The molecule has 33 heavy (non-hydrogen) atoms. The number of hydrogen-bond acceptors (Lipinski definition) is 6. The van der Waals surface area contributed by atoms with Crippen molar-refractivity contribution >= 4 is 23.2 Å². The zero-order chi connectivity index (χ0) is 24.0. The molecule has 2 heterocycles. The van der Waals surface area contributed by atoms with Crippen LogP contribution >= 0.6 is 0 Å². The third-order valence-electron chi connectivity index (χ3n) is 6.07. The smallest absolute Gasteiger partial charge is 0.241 e. The molecule has 0 radical (unpaired) electrons. The van der Waals surface area contributed by atoms with Crippen molar-refractivity contribution in [2.45, 2.75) is 26.8 Å². The van der Waals surface area contributed by atoms with Gasteiger partial charge in [-0.3, -0.25) is 19.5 Å². The first-order chi connectivity index (χ1) is 15.8. The fraction of sp³-hybridized carbons (Fsp3) is 0.480. The fourth-order valence-electron chi connectivity index (χ4n) is 4.06. The third-order valence-corrected chi connectivity index (χ3v) is 6.07. The Morgan fingerprint density at radius 1 is 1.00 bits per heavy atom. The Morgan fingerprint density at radius 2 is 1.67 bits per heavy atom. The quantitative estimate of drug-likeness (QED) is 0.440. The molecule has 0 atom stereocenters. The highest BCUT2D eigenvalue weighted by atomic mass is 16.5. The molecule has 1 aliphatic heterocycles. The third kappa shape index (κ3) is 5.69. The minimum Gasteiger partial charge on any atom is -0.493 e. The summed E-state index contributed by atoms with van der Waals surface area (Å²) in [5, 5.41) is 3.21. The highest BCUT2D eigenvalue weighted by molar-refractivity contribution is 6.19. The van der Waals surface area contributed by atoms with E-state index in [1.165, 1.54) is 5.56 Å². The first-order valence-corrected chi connectivity index (χ1v) is 11.3. The van der Waals surface area contributed by atoms with Gasteiger partial charge in [-0.15, -0.1) is 0 Å². The number of amides is 2. The Bertz CT molecular complexity index is 964. The van der Waals surface area contributed by atoms with E-state index in [0.717, 1.165) is 32.6 Å². The standard InChI is InChI=1S/C25H35N5O3/c1-25(2)23(31)28(4)21-8-7-20(17-22(21)29(5)24(25)32)33-16-6-14-30(15-13-26-3)18-19-9-11-27-12-10-19/h7-12,17,26H,6,13-16,18H2,1-5H3. The lowest BCUT2D eigenvalue weighted by Gasteiger charge is -2.25. The monoisotopic (exact) mass is 453 g/mol. The van der Waals surface area contributed by atoms with E-state index in [9.17, 15) is 9.59 Å². The number of nitrogens with one attached hydrogen (secondary N) is 1. The van der Waals surface area contributed by atoms with Crippen LogP contribution in [-0.4, -0.2) is 69.1 Å². The molecule has 1 aliphatic rings. The van der Waals surface area contributed by atoms with Crippen LogP contribution in [0.1, 0.15) is 25.8 Å². The topological polar surface area (TPSA) is 78.0 Å². The number of hydrogen-bond donors (Lipinski definition) is 1. The Morgan fingerprint density at radius 3 is 2.33 bits per heavy atom. The first-order valence-electron chi connectivity index (χ1n) is 11.3. The van der Waals surface area contributed by atoms with Crippen molar-refractivity contribution in [2.24, 2.45) is 5.41 Å². The Hall–Kier alpha value is -2.97. The SMILES string of the molecule is CNCCN(CCCOc1ccc2c(c1)N(C)C(=O)C(C)(C)C(=O)N2C)Cc1ccncc1. The number of likely N-dealkylation sites (N-methyl/N-ethyl adjacent to an activating group) is 1. The van der Waals surface area contributed by atoms with Crippen LogP contribution in [-0.2, 0) is 16.1 Å². The maximum Gasteiger partial charge on any atom is 0.241 e. The van der Waals surface area contributed by atoms with Gasteiger partial charge in [0.15, 0.2) is 0 Å². The van der Waals surface area contributed by atoms with Crippen molar-refractivity contribution in [1.82, 2.24) is 15.2 Å². The van der Waals surface area contributed by atoms with Crippen LogP contribution in [0.3, 0.4) is 0 Å². The van der Waals surface area contributed by atoms with Crippen LogP contribution in [0.15, 0.2) is 42.7 Å². The molecular weight excluding hydrogens is 418 g/mol. The highest BCUT2D eigenvalue weighted by Gasteiger charge is 2.44. The second-order valence-electron chi connectivity index (χ2n) is 8.94. The second kappa shape index (κ2) is 10.8. The van der Waals surface area contributed by atoms with Gasteiger partial charge in [0.1, 0.15) is 11.2 Å². The molecule has 2 aromatic rings. The zero-order valence-corrected chi connectivity index (χ0v) is 20.3. The molecule has 0 aliphatic carbocycles. The van der Waals surface area contributed by atoms with E-state index < -0.39 is 5.41 Å². The van der Waals surface area contributed by atoms with E-state index in [1.54, 1.807) is 37.7 Å². The summed E-state index contributed by atoms with van der Waals surface area (Å²) in [5.74, 6) is 0.235. The maximum atomic E-state index is 12.9. The molecule has 1 aromatic heterocycles. The molecule has 0 spiro atoms. The van der Waals surface area contributed by atoms with Gasteiger partial charge in [-0.2, -0.15) is 0 Å². The number of ether oxygens (including phenoxy) is 1. The number of benzene rings is 1. The van der Waals surface area contributed by atoms with Gasteiger partial charge < -0.3 is 19.9 Å². The molecule has 1 N–H and O–H groups in total. The minimum absolute atomic E-state index is 0.220. The second-order valence-corrected chi connectivity index (χ2v) is 8.94. The van der Waals surface area contributed by atoms with E-state index in [4.69, 9.17) is 4.74 Å². The van der Waals surface area contributed by atoms with Gasteiger partial charge in [0, 0.05) is 58.7 Å². The molecule has 0 bridgehead atoms. The van der Waals surface area contributed by atoms with Gasteiger partial charge in [0.25, 0.3) is 0 Å². The first kappa shape index (κ1) is 24.7. The van der Waals surface area contributed by atoms with Gasteiger partial charge in [-0.25, -0.2) is 0 Å². The van der Waals surface area contributed by atoms with Crippen LogP contribution in [0.2, 0.25) is 0 Å². The Kier molecular flexibility index (Phi) is 8.05. The number of nitrogens with zero attached hydrogens (tertiary/aromatic N) is 4. The number of carbonyl (C=O) groups is 2. The number of fused-ring (bicyclic) bond motifs is 1. The molecule has 0 fully saturated rings. The fourth-order valence-corrected chi connectivity index (χ4v) is 4.06. The summed E-state index contributed by atoms with van der Waals surface area (Å²) < 4.78 is 6.02. The van der Waals surface area contributed by atoms with E-state index in [-0.39, 0.29) is 11.8 Å². The summed E-state index contributed by atoms with van der Waals surface area (Å²) in [6.45, 7) is 7.52. The molecule has 8 nitrogen and oxygen atoms in total. The summed E-state index contributed by atoms with van der Waals surface area (Å²) in [6, 6.07) is 9.62. The van der Waals surface area contributed by atoms with E-state index in [2.05, 4.69) is 15.2 Å². The molecule has 8 heteroatoms. The summed E-state index contributed by atoms with van der Waals surface area (Å²) >= 11 is 0.